The molecule has 0 saturated heterocycles. The summed E-state index contributed by atoms with van der Waals surface area (Å²) in [5, 5.41) is 13.1. The van der Waals surface area contributed by atoms with Crippen LogP contribution in [0.3, 0.4) is 0 Å². The van der Waals surface area contributed by atoms with E-state index >= 15 is 0 Å². The molecule has 5 heteroatoms. The second-order valence-electron chi connectivity index (χ2n) is 5.84. The van der Waals surface area contributed by atoms with Gasteiger partial charge in [-0.1, -0.05) is 18.2 Å². The monoisotopic (exact) mass is 347 g/mol. The highest BCUT2D eigenvalue weighted by Gasteiger charge is 2.19. The van der Waals surface area contributed by atoms with Crippen molar-refractivity contribution in [2.24, 2.45) is 0 Å². The molecule has 0 saturated carbocycles. The van der Waals surface area contributed by atoms with Gasteiger partial charge in [-0.2, -0.15) is 5.26 Å². The molecule has 1 N–H and O–H groups in total. The molecule has 2 heterocycles. The Hall–Kier alpha value is -2.97. The van der Waals surface area contributed by atoms with E-state index in [1.54, 1.807) is 24.5 Å². The van der Waals surface area contributed by atoms with Gasteiger partial charge < -0.3 is 5.32 Å². The number of rotatable bonds is 3. The largest absolute Gasteiger partial charge is 0.312 e. The maximum atomic E-state index is 12.4. The molecule has 3 aromatic rings. The Morgan fingerprint density at radius 2 is 1.84 bits per heavy atom. The van der Waals surface area contributed by atoms with Crippen molar-refractivity contribution in [3.8, 4) is 17.2 Å². The maximum absolute atomic E-state index is 12.4. The first-order valence-electron chi connectivity index (χ1n) is 7.83. The predicted molar refractivity (Wildman–Crippen MR) is 101 cm³/mol. The number of amides is 1. The Morgan fingerprint density at radius 1 is 1.12 bits per heavy atom. The quantitative estimate of drug-likeness (QED) is 0.736. The van der Waals surface area contributed by atoms with Crippen molar-refractivity contribution in [2.45, 2.75) is 20.8 Å². The molecule has 3 rings (SSSR count). The molecule has 4 nitrogen and oxygen atoms in total. The lowest BCUT2D eigenvalue weighted by Crippen LogP contribution is -2.11. The Morgan fingerprint density at radius 3 is 2.48 bits per heavy atom. The number of aryl methyl sites for hydroxylation is 3. The van der Waals surface area contributed by atoms with E-state index < -0.39 is 0 Å². The van der Waals surface area contributed by atoms with Crippen LogP contribution in [0, 0.1) is 32.1 Å². The topological polar surface area (TPSA) is 65.8 Å². The van der Waals surface area contributed by atoms with Crippen LogP contribution in [0.15, 0.2) is 42.7 Å². The van der Waals surface area contributed by atoms with Gasteiger partial charge in [0.1, 0.15) is 11.1 Å². The van der Waals surface area contributed by atoms with Crippen LogP contribution in [-0.4, -0.2) is 10.9 Å². The zero-order chi connectivity index (χ0) is 18.0. The van der Waals surface area contributed by atoms with E-state index in [1.165, 1.54) is 22.5 Å². The number of nitrogens with one attached hydrogen (secondary N) is 1. The number of nitriles is 1. The summed E-state index contributed by atoms with van der Waals surface area (Å²) in [6.07, 6.45) is 3.14. The summed E-state index contributed by atoms with van der Waals surface area (Å²) < 4.78 is 0. The van der Waals surface area contributed by atoms with E-state index in [0.29, 0.717) is 16.1 Å². The van der Waals surface area contributed by atoms with Gasteiger partial charge in [-0.05, 0) is 49.6 Å². The number of thiophene rings is 1. The first-order chi connectivity index (χ1) is 12.0. The second-order valence-corrected chi connectivity index (χ2v) is 7.06. The van der Waals surface area contributed by atoms with Gasteiger partial charge >= 0.3 is 0 Å². The summed E-state index contributed by atoms with van der Waals surface area (Å²) >= 11 is 1.42. The molecule has 0 radical (unpaired) electrons. The lowest BCUT2D eigenvalue weighted by atomic mass is 9.98. The summed E-state index contributed by atoms with van der Waals surface area (Å²) in [6, 6.07) is 11.7. The van der Waals surface area contributed by atoms with Crippen molar-refractivity contribution in [3.05, 3.63) is 69.9 Å². The van der Waals surface area contributed by atoms with Crippen LogP contribution in [0.4, 0.5) is 5.00 Å². The van der Waals surface area contributed by atoms with Crippen LogP contribution >= 0.6 is 11.3 Å². The van der Waals surface area contributed by atoms with Gasteiger partial charge in [-0.3, -0.25) is 9.78 Å². The number of hydrogen-bond acceptors (Lipinski definition) is 4. The minimum atomic E-state index is -0.244. The molecule has 124 valence electrons. The number of benzene rings is 1. The third kappa shape index (κ3) is 3.30. The van der Waals surface area contributed by atoms with Crippen LogP contribution in [0.2, 0.25) is 0 Å². The van der Waals surface area contributed by atoms with Gasteiger partial charge in [0.15, 0.2) is 0 Å². The molecular formula is C20H17N3OS. The van der Waals surface area contributed by atoms with Crippen molar-refractivity contribution in [2.75, 3.05) is 5.32 Å². The molecule has 0 aliphatic carbocycles. The number of aromatic nitrogens is 1. The fraction of sp³-hybridized carbons (Fsp3) is 0.150. The molecule has 0 fully saturated rings. The molecule has 1 amide bonds. The summed E-state index contributed by atoms with van der Waals surface area (Å²) in [5.74, 6) is -0.244. The Bertz CT molecular complexity index is 984. The molecule has 0 atom stereocenters. The van der Waals surface area contributed by atoms with E-state index in [1.807, 2.05) is 13.0 Å². The molecule has 1 aromatic carbocycles. The van der Waals surface area contributed by atoms with Crippen molar-refractivity contribution in [1.82, 2.24) is 4.98 Å². The Kier molecular flexibility index (Phi) is 4.64. The van der Waals surface area contributed by atoms with Gasteiger partial charge in [0.05, 0.1) is 5.56 Å². The first-order valence-corrected chi connectivity index (χ1v) is 8.65. The highest BCUT2D eigenvalue weighted by Crippen LogP contribution is 2.40. The molecule has 0 aliphatic heterocycles. The number of anilines is 1. The third-order valence-corrected chi connectivity index (χ3v) is 5.18. The van der Waals surface area contributed by atoms with Crippen LogP contribution in [0.25, 0.3) is 11.1 Å². The fourth-order valence-corrected chi connectivity index (χ4v) is 3.68. The molecule has 0 aliphatic rings. The van der Waals surface area contributed by atoms with Gasteiger partial charge in [-0.15, -0.1) is 11.3 Å². The minimum absolute atomic E-state index is 0.244. The summed E-state index contributed by atoms with van der Waals surface area (Å²) in [4.78, 5) is 17.3. The van der Waals surface area contributed by atoms with E-state index in [0.717, 1.165) is 16.0 Å². The van der Waals surface area contributed by atoms with Gasteiger partial charge in [0.25, 0.3) is 5.91 Å². The second kappa shape index (κ2) is 6.88. The van der Waals surface area contributed by atoms with Crippen LogP contribution in [-0.2, 0) is 0 Å². The van der Waals surface area contributed by atoms with Crippen LogP contribution in [0.5, 0.6) is 0 Å². The van der Waals surface area contributed by atoms with E-state index in [-0.39, 0.29) is 5.91 Å². The van der Waals surface area contributed by atoms with Gasteiger partial charge in [-0.25, -0.2) is 0 Å². The van der Waals surface area contributed by atoms with Crippen molar-refractivity contribution in [3.63, 3.8) is 0 Å². The third-order valence-electron chi connectivity index (χ3n) is 4.16. The maximum Gasteiger partial charge on any atom is 0.256 e. The molecule has 0 bridgehead atoms. The Balaban J connectivity index is 2.01. The summed E-state index contributed by atoms with van der Waals surface area (Å²) in [5.41, 5.74) is 5.29. The SMILES string of the molecule is Cc1ccc(-c2c(C)sc(NC(=O)c3ccncc3)c2C#N)cc1C. The first kappa shape index (κ1) is 16.9. The zero-order valence-electron chi connectivity index (χ0n) is 14.3. The average molecular weight is 347 g/mol. The zero-order valence-corrected chi connectivity index (χ0v) is 15.1. The highest BCUT2D eigenvalue weighted by atomic mass is 32.1. The Labute approximate surface area is 150 Å². The van der Waals surface area contributed by atoms with Crippen LogP contribution in [0.1, 0.15) is 31.9 Å². The number of nitrogens with zero attached hydrogens (tertiary/aromatic N) is 2. The lowest BCUT2D eigenvalue weighted by Gasteiger charge is -2.06. The minimum Gasteiger partial charge on any atom is -0.312 e. The number of hydrogen-bond donors (Lipinski definition) is 1. The lowest BCUT2D eigenvalue weighted by molar-refractivity contribution is 0.102. The van der Waals surface area contributed by atoms with Crippen molar-refractivity contribution in [1.29, 1.82) is 5.26 Å². The summed E-state index contributed by atoms with van der Waals surface area (Å²) in [7, 11) is 0. The molecule has 2 aromatic heterocycles. The molecular weight excluding hydrogens is 330 g/mol. The number of carbonyl (C=O) groups is 1. The number of pyridine rings is 1. The molecule has 25 heavy (non-hydrogen) atoms. The standard InChI is InChI=1S/C20H17N3OS/c1-12-4-5-16(10-13(12)2)18-14(3)25-20(17(18)11-21)23-19(24)15-6-8-22-9-7-15/h4-10H,1-3H3,(H,23,24). The van der Waals surface area contributed by atoms with Crippen molar-refractivity contribution < 1.29 is 4.79 Å². The van der Waals surface area contributed by atoms with E-state index in [9.17, 15) is 10.1 Å². The molecule has 0 unspecified atom stereocenters. The number of carbonyl (C=O) groups excluding carboxylic acids is 1. The highest BCUT2D eigenvalue weighted by molar-refractivity contribution is 7.17. The van der Waals surface area contributed by atoms with Gasteiger partial charge in [0, 0.05) is 28.4 Å². The van der Waals surface area contributed by atoms with Gasteiger partial charge in [0.2, 0.25) is 0 Å². The van der Waals surface area contributed by atoms with Crippen LogP contribution < -0.4 is 5.32 Å². The van der Waals surface area contributed by atoms with E-state index in [4.69, 9.17) is 0 Å². The van der Waals surface area contributed by atoms with E-state index in [2.05, 4.69) is 42.4 Å². The van der Waals surface area contributed by atoms with Crippen molar-refractivity contribution >= 4 is 22.2 Å². The molecule has 0 spiro atoms. The predicted octanol–water partition coefficient (Wildman–Crippen LogP) is 4.86. The smallest absolute Gasteiger partial charge is 0.256 e. The fourth-order valence-electron chi connectivity index (χ4n) is 2.66. The summed E-state index contributed by atoms with van der Waals surface area (Å²) in [6.45, 7) is 6.09. The average Bonchev–Trinajstić information content (AvgIpc) is 2.93. The normalized spacial score (nSPS) is 10.3.